The van der Waals surface area contributed by atoms with E-state index in [1.807, 2.05) is 11.8 Å². The Balaban J connectivity index is 2.18. The van der Waals surface area contributed by atoms with Crippen LogP contribution in [0.4, 0.5) is 0 Å². The third-order valence-electron chi connectivity index (χ3n) is 4.84. The van der Waals surface area contributed by atoms with Crippen molar-refractivity contribution in [1.29, 1.82) is 0 Å². The second kappa shape index (κ2) is 13.2. The third kappa shape index (κ3) is 12.9. The summed E-state index contributed by atoms with van der Waals surface area (Å²) in [6.45, 7) is 6.91. The van der Waals surface area contributed by atoms with Crippen LogP contribution in [-0.4, -0.2) is 39.0 Å². The number of unbranched alkanes of at least 4 members (excludes halogenated alkanes) is 2. The molecule has 0 bridgehead atoms. The number of carbonyl (C=O) groups excluding carboxylic acids is 1. The summed E-state index contributed by atoms with van der Waals surface area (Å²) in [6, 6.07) is 0. The highest BCUT2D eigenvalue weighted by Gasteiger charge is 2.22. The number of rotatable bonds is 13. The molecule has 1 unspecified atom stereocenters. The van der Waals surface area contributed by atoms with Crippen LogP contribution in [0.25, 0.3) is 0 Å². The van der Waals surface area contributed by atoms with E-state index in [-0.39, 0.29) is 5.97 Å². The van der Waals surface area contributed by atoms with Gasteiger partial charge in [-0.3, -0.25) is 4.79 Å². The van der Waals surface area contributed by atoms with Gasteiger partial charge in [-0.15, -0.1) is 0 Å². The molecular formula is C20H40O3SSi. The van der Waals surface area contributed by atoms with Crippen LogP contribution in [0.2, 0.25) is 19.6 Å². The normalized spacial score (nSPS) is 17.4. The van der Waals surface area contributed by atoms with Gasteiger partial charge in [0.25, 0.3) is 0 Å². The largest absolute Gasteiger partial charge is 0.469 e. The van der Waals surface area contributed by atoms with Gasteiger partial charge < -0.3 is 9.16 Å². The average molecular weight is 389 g/mol. The molecule has 0 N–H and O–H groups in total. The van der Waals surface area contributed by atoms with Gasteiger partial charge in [0.05, 0.1) is 13.2 Å². The topological polar surface area (TPSA) is 35.5 Å². The zero-order valence-corrected chi connectivity index (χ0v) is 18.8. The summed E-state index contributed by atoms with van der Waals surface area (Å²) < 4.78 is 11.1. The van der Waals surface area contributed by atoms with Crippen LogP contribution in [0, 0.1) is 5.92 Å². The van der Waals surface area contributed by atoms with Crippen LogP contribution in [0.15, 0.2) is 0 Å². The summed E-state index contributed by atoms with van der Waals surface area (Å²) in [5.41, 5.74) is 0. The first-order valence-corrected chi connectivity index (χ1v) is 14.8. The highest BCUT2D eigenvalue weighted by Crippen LogP contribution is 2.29. The molecule has 1 saturated carbocycles. The lowest BCUT2D eigenvalue weighted by atomic mass is 9.85. The van der Waals surface area contributed by atoms with Crippen molar-refractivity contribution in [2.24, 2.45) is 5.92 Å². The smallest absolute Gasteiger partial charge is 0.305 e. The highest BCUT2D eigenvalue weighted by atomic mass is 32.2. The molecular weight excluding hydrogens is 348 g/mol. The Morgan fingerprint density at radius 3 is 2.48 bits per heavy atom. The van der Waals surface area contributed by atoms with E-state index >= 15 is 0 Å². The predicted octanol–water partition coefficient (Wildman–Crippen LogP) is 6.03. The summed E-state index contributed by atoms with van der Waals surface area (Å²) in [7, 11) is -0.00727. The number of ether oxygens (including phenoxy) is 1. The Morgan fingerprint density at radius 1 is 1.12 bits per heavy atom. The van der Waals surface area contributed by atoms with Gasteiger partial charge in [-0.25, -0.2) is 0 Å². The Bertz CT molecular complexity index is 351. The molecule has 0 radical (unpaired) electrons. The van der Waals surface area contributed by atoms with Crippen molar-refractivity contribution < 1.29 is 14.0 Å². The van der Waals surface area contributed by atoms with Gasteiger partial charge in [-0.05, 0) is 57.0 Å². The molecule has 0 heterocycles. The van der Waals surface area contributed by atoms with Gasteiger partial charge in [0, 0.05) is 12.2 Å². The molecule has 1 aliphatic carbocycles. The molecule has 0 aliphatic heterocycles. The lowest BCUT2D eigenvalue weighted by molar-refractivity contribution is -0.140. The van der Waals surface area contributed by atoms with E-state index in [1.165, 1.54) is 64.2 Å². The second-order valence-electron chi connectivity index (χ2n) is 8.40. The van der Waals surface area contributed by atoms with Crippen molar-refractivity contribution >= 4 is 26.0 Å². The van der Waals surface area contributed by atoms with Crippen LogP contribution < -0.4 is 0 Å². The molecule has 0 aromatic heterocycles. The zero-order valence-electron chi connectivity index (χ0n) is 17.0. The summed E-state index contributed by atoms with van der Waals surface area (Å²) in [5.74, 6) is 3.17. The van der Waals surface area contributed by atoms with Crippen molar-refractivity contribution in [3.63, 3.8) is 0 Å². The SMILES string of the molecule is COC(=O)CCCCCSCC(CCC1CCCCC1)O[Si](C)(C)C. The van der Waals surface area contributed by atoms with E-state index in [1.54, 1.807) is 0 Å². The fourth-order valence-electron chi connectivity index (χ4n) is 3.54. The Morgan fingerprint density at radius 2 is 1.84 bits per heavy atom. The van der Waals surface area contributed by atoms with E-state index in [0.717, 1.165) is 24.5 Å². The summed E-state index contributed by atoms with van der Waals surface area (Å²) in [5, 5.41) is 0. The van der Waals surface area contributed by atoms with Crippen LogP contribution >= 0.6 is 11.8 Å². The molecule has 1 fully saturated rings. The number of methoxy groups -OCH3 is 1. The summed E-state index contributed by atoms with van der Waals surface area (Å²) in [6.07, 6.45) is 14.0. The number of hydrogen-bond acceptors (Lipinski definition) is 4. The summed E-state index contributed by atoms with van der Waals surface area (Å²) in [4.78, 5) is 11.1. The lowest BCUT2D eigenvalue weighted by Gasteiger charge is -2.29. The zero-order chi connectivity index (χ0) is 18.5. The predicted molar refractivity (Wildman–Crippen MR) is 112 cm³/mol. The quantitative estimate of drug-likeness (QED) is 0.219. The molecule has 148 valence electrons. The maximum atomic E-state index is 11.1. The number of hydrogen-bond donors (Lipinski definition) is 0. The molecule has 1 aliphatic rings. The number of carbonyl (C=O) groups is 1. The van der Waals surface area contributed by atoms with Gasteiger partial charge in [0.2, 0.25) is 0 Å². The molecule has 0 aromatic rings. The van der Waals surface area contributed by atoms with Crippen LogP contribution in [0.5, 0.6) is 0 Å². The van der Waals surface area contributed by atoms with E-state index < -0.39 is 8.32 Å². The van der Waals surface area contributed by atoms with Crippen molar-refractivity contribution in [2.45, 2.75) is 96.4 Å². The standard InChI is InChI=1S/C20H40O3SSi/c1-22-20(21)13-9-6-10-16-24-17-19(23-25(2,3)4)15-14-18-11-7-5-8-12-18/h18-19H,5-17H2,1-4H3. The van der Waals surface area contributed by atoms with Gasteiger partial charge >= 0.3 is 5.97 Å². The van der Waals surface area contributed by atoms with Crippen molar-refractivity contribution in [3.05, 3.63) is 0 Å². The van der Waals surface area contributed by atoms with Gasteiger partial charge in [0.1, 0.15) is 0 Å². The highest BCUT2D eigenvalue weighted by molar-refractivity contribution is 7.99. The first kappa shape index (κ1) is 23.0. The van der Waals surface area contributed by atoms with Gasteiger partial charge in [-0.1, -0.05) is 38.5 Å². The maximum absolute atomic E-state index is 11.1. The molecule has 5 heteroatoms. The number of thioether (sulfide) groups is 1. The molecule has 1 rings (SSSR count). The van der Waals surface area contributed by atoms with Crippen molar-refractivity contribution in [3.8, 4) is 0 Å². The third-order valence-corrected chi connectivity index (χ3v) is 7.07. The van der Waals surface area contributed by atoms with E-state index in [2.05, 4.69) is 24.4 Å². The van der Waals surface area contributed by atoms with Crippen molar-refractivity contribution in [1.82, 2.24) is 0 Å². The number of esters is 1. The van der Waals surface area contributed by atoms with Crippen LogP contribution in [-0.2, 0) is 14.0 Å². The lowest BCUT2D eigenvalue weighted by Crippen LogP contribution is -2.33. The minimum absolute atomic E-state index is 0.0843. The van der Waals surface area contributed by atoms with Crippen LogP contribution in [0.1, 0.15) is 70.6 Å². The summed E-state index contributed by atoms with van der Waals surface area (Å²) >= 11 is 2.03. The minimum atomic E-state index is -1.47. The van der Waals surface area contributed by atoms with E-state index in [0.29, 0.717) is 12.5 Å². The first-order chi connectivity index (χ1) is 11.9. The molecule has 1 atom stereocenters. The van der Waals surface area contributed by atoms with E-state index in [9.17, 15) is 4.79 Å². The minimum Gasteiger partial charge on any atom is -0.469 e. The Kier molecular flexibility index (Phi) is 12.2. The second-order valence-corrected chi connectivity index (χ2v) is 14.0. The van der Waals surface area contributed by atoms with E-state index in [4.69, 9.17) is 4.43 Å². The van der Waals surface area contributed by atoms with Crippen molar-refractivity contribution in [2.75, 3.05) is 18.6 Å². The Hall–Kier alpha value is -0.00312. The molecule has 3 nitrogen and oxygen atoms in total. The molecule has 0 saturated heterocycles. The average Bonchev–Trinajstić information content (AvgIpc) is 2.58. The molecule has 25 heavy (non-hydrogen) atoms. The van der Waals surface area contributed by atoms with Gasteiger partial charge in [-0.2, -0.15) is 11.8 Å². The van der Waals surface area contributed by atoms with Crippen LogP contribution in [0.3, 0.4) is 0 Å². The van der Waals surface area contributed by atoms with Gasteiger partial charge in [0.15, 0.2) is 8.32 Å². The monoisotopic (exact) mass is 388 g/mol. The Labute approximate surface area is 161 Å². The fourth-order valence-corrected chi connectivity index (χ4v) is 5.94. The maximum Gasteiger partial charge on any atom is 0.305 e. The first-order valence-electron chi connectivity index (χ1n) is 10.2. The molecule has 0 spiro atoms. The molecule has 0 amide bonds. The molecule has 0 aromatic carbocycles. The fraction of sp³-hybridized carbons (Fsp3) is 0.950.